The Hall–Kier alpha value is -7.22. The van der Waals surface area contributed by atoms with Crippen molar-refractivity contribution in [2.24, 2.45) is 0 Å². The molecule has 0 aliphatic carbocycles. The summed E-state index contributed by atoms with van der Waals surface area (Å²) in [7, 11) is 1.81. The van der Waals surface area contributed by atoms with Crippen molar-refractivity contribution in [2.45, 2.75) is 20.8 Å². The zero-order valence-corrected chi connectivity index (χ0v) is 31.2. The Balaban J connectivity index is 1.53. The summed E-state index contributed by atoms with van der Waals surface area (Å²) >= 11 is 0. The van der Waals surface area contributed by atoms with E-state index in [2.05, 4.69) is 23.8 Å². The van der Waals surface area contributed by atoms with Gasteiger partial charge in [-0.15, -0.1) is 0 Å². The van der Waals surface area contributed by atoms with Crippen molar-refractivity contribution in [2.75, 3.05) is 44.1 Å². The van der Waals surface area contributed by atoms with Crippen LogP contribution in [-0.2, 0) is 28.5 Å². The Morgan fingerprint density at radius 2 is 0.893 bits per heavy atom. The number of hydrogen-bond acceptors (Lipinski definition) is 13. The third-order valence-corrected chi connectivity index (χ3v) is 7.57. The standard InChI is InChI=1S/C42H40N2O12/c1-25(2)39(47)51-19-21-53-41(49)34-17-15-32(23-36(34)27(5)45)56-33-16-18-35(42(50)54-22-20-52-40(48)26(3)4)37(24-33)38(46)44-29-9-13-31(14-10-29)55-30-11-7-28(43-6)8-12-30/h7-18,23-24,43H,1,3,19-22H2,2,4-6H3,(H,44,46). The van der Waals surface area contributed by atoms with E-state index < -0.39 is 35.6 Å². The first kappa shape index (κ1) is 41.5. The number of benzene rings is 4. The van der Waals surface area contributed by atoms with Crippen molar-refractivity contribution in [3.05, 3.63) is 131 Å². The third-order valence-electron chi connectivity index (χ3n) is 7.57. The lowest BCUT2D eigenvalue weighted by Crippen LogP contribution is -2.19. The fraction of sp³-hybridized carbons (Fsp3) is 0.190. The number of nitrogens with one attached hydrogen (secondary N) is 2. The highest BCUT2D eigenvalue weighted by molar-refractivity contribution is 6.11. The molecule has 56 heavy (non-hydrogen) atoms. The molecule has 0 fully saturated rings. The molecule has 0 radical (unpaired) electrons. The van der Waals surface area contributed by atoms with E-state index in [-0.39, 0.29) is 71.3 Å². The summed E-state index contributed by atoms with van der Waals surface area (Å²) in [5.74, 6) is -2.80. The first-order valence-corrected chi connectivity index (χ1v) is 17.1. The second-order valence-electron chi connectivity index (χ2n) is 12.0. The van der Waals surface area contributed by atoms with E-state index in [0.717, 1.165) is 5.69 Å². The van der Waals surface area contributed by atoms with Crippen molar-refractivity contribution in [3.63, 3.8) is 0 Å². The van der Waals surface area contributed by atoms with Gasteiger partial charge < -0.3 is 39.1 Å². The molecule has 14 nitrogen and oxygen atoms in total. The van der Waals surface area contributed by atoms with Gasteiger partial charge in [-0.1, -0.05) is 13.2 Å². The van der Waals surface area contributed by atoms with Gasteiger partial charge in [0, 0.05) is 35.1 Å². The Kier molecular flexibility index (Phi) is 14.6. The predicted octanol–water partition coefficient (Wildman–Crippen LogP) is 7.32. The van der Waals surface area contributed by atoms with Gasteiger partial charge >= 0.3 is 23.9 Å². The van der Waals surface area contributed by atoms with Crippen LogP contribution in [0.5, 0.6) is 23.0 Å². The van der Waals surface area contributed by atoms with E-state index in [1.807, 2.05) is 19.2 Å². The molecule has 0 unspecified atom stereocenters. The topological polar surface area (TPSA) is 182 Å². The highest BCUT2D eigenvalue weighted by Crippen LogP contribution is 2.29. The van der Waals surface area contributed by atoms with Gasteiger partial charge in [-0.25, -0.2) is 19.2 Å². The number of ether oxygens (including phenoxy) is 6. The van der Waals surface area contributed by atoms with Crippen LogP contribution in [0, 0.1) is 0 Å². The number of rotatable bonds is 18. The molecule has 0 saturated heterocycles. The Labute approximate surface area is 323 Å². The van der Waals surface area contributed by atoms with Gasteiger partial charge in [-0.2, -0.15) is 0 Å². The molecule has 4 aromatic rings. The molecule has 4 aromatic carbocycles. The molecule has 2 N–H and O–H groups in total. The molecule has 0 spiro atoms. The van der Waals surface area contributed by atoms with Gasteiger partial charge in [0.2, 0.25) is 0 Å². The largest absolute Gasteiger partial charge is 0.459 e. The number of ketones is 1. The Morgan fingerprint density at radius 3 is 1.34 bits per heavy atom. The van der Waals surface area contributed by atoms with Crippen LogP contribution < -0.4 is 20.1 Å². The van der Waals surface area contributed by atoms with Gasteiger partial charge in [-0.3, -0.25) is 9.59 Å². The molecule has 0 aliphatic rings. The summed E-state index contributed by atoms with van der Waals surface area (Å²) in [5, 5.41) is 5.78. The zero-order valence-electron chi connectivity index (χ0n) is 31.2. The summed E-state index contributed by atoms with van der Waals surface area (Å²) in [6, 6.07) is 22.0. The smallest absolute Gasteiger partial charge is 0.339 e. The van der Waals surface area contributed by atoms with E-state index in [9.17, 15) is 28.8 Å². The van der Waals surface area contributed by atoms with Gasteiger partial charge in [0.15, 0.2) is 5.78 Å². The van der Waals surface area contributed by atoms with Crippen molar-refractivity contribution in [3.8, 4) is 23.0 Å². The second kappa shape index (κ2) is 19.7. The lowest BCUT2D eigenvalue weighted by atomic mass is 10.0. The first-order valence-electron chi connectivity index (χ1n) is 17.1. The van der Waals surface area contributed by atoms with Crippen molar-refractivity contribution in [1.29, 1.82) is 0 Å². The molecule has 0 heterocycles. The summed E-state index contributed by atoms with van der Waals surface area (Å²) < 4.78 is 32.2. The van der Waals surface area contributed by atoms with E-state index >= 15 is 0 Å². The number of carbonyl (C=O) groups excluding carboxylic acids is 6. The minimum absolute atomic E-state index is 0.0145. The van der Waals surface area contributed by atoms with Gasteiger partial charge in [0.05, 0.1) is 16.7 Å². The molecule has 14 heteroatoms. The molecule has 1 amide bonds. The Bertz CT molecular complexity index is 2140. The maximum Gasteiger partial charge on any atom is 0.339 e. The van der Waals surface area contributed by atoms with E-state index in [1.54, 1.807) is 36.4 Å². The average Bonchev–Trinajstić information content (AvgIpc) is 3.18. The van der Waals surface area contributed by atoms with Crippen LogP contribution in [0.25, 0.3) is 0 Å². The highest BCUT2D eigenvalue weighted by Gasteiger charge is 2.22. The van der Waals surface area contributed by atoms with Crippen LogP contribution >= 0.6 is 0 Å². The van der Waals surface area contributed by atoms with Gasteiger partial charge in [0.25, 0.3) is 5.91 Å². The van der Waals surface area contributed by atoms with E-state index in [1.165, 1.54) is 57.2 Å². The first-order chi connectivity index (χ1) is 26.7. The second-order valence-corrected chi connectivity index (χ2v) is 12.0. The van der Waals surface area contributed by atoms with Crippen molar-refractivity contribution < 1.29 is 57.2 Å². The number of amides is 1. The highest BCUT2D eigenvalue weighted by atomic mass is 16.6. The molecule has 0 atom stereocenters. The summed E-state index contributed by atoms with van der Waals surface area (Å²) in [6.45, 7) is 10.2. The summed E-state index contributed by atoms with van der Waals surface area (Å²) in [6.07, 6.45) is 0. The predicted molar refractivity (Wildman–Crippen MR) is 206 cm³/mol. The number of esters is 4. The molecule has 0 bridgehead atoms. The number of Topliss-reactive ketones (excluding diaryl/α,β-unsaturated/α-hetero) is 1. The average molecular weight is 765 g/mol. The monoisotopic (exact) mass is 764 g/mol. The van der Waals surface area contributed by atoms with Crippen LogP contribution in [0.2, 0.25) is 0 Å². The quantitative estimate of drug-likeness (QED) is 0.0338. The fourth-order valence-electron chi connectivity index (χ4n) is 4.71. The maximum absolute atomic E-state index is 13.7. The minimum Gasteiger partial charge on any atom is -0.459 e. The molecule has 0 saturated carbocycles. The number of carbonyl (C=O) groups is 6. The molecule has 0 aliphatic heterocycles. The normalized spacial score (nSPS) is 10.3. The molecule has 4 rings (SSSR count). The van der Waals surface area contributed by atoms with Crippen LogP contribution in [0.3, 0.4) is 0 Å². The van der Waals surface area contributed by atoms with Gasteiger partial charge in [-0.05, 0) is 106 Å². The molecule has 290 valence electrons. The van der Waals surface area contributed by atoms with Crippen LogP contribution in [0.1, 0.15) is 62.2 Å². The minimum atomic E-state index is -0.878. The Morgan fingerprint density at radius 1 is 0.500 bits per heavy atom. The maximum atomic E-state index is 13.7. The van der Waals surface area contributed by atoms with E-state index in [4.69, 9.17) is 28.4 Å². The number of anilines is 2. The third kappa shape index (κ3) is 11.9. The van der Waals surface area contributed by atoms with Crippen LogP contribution in [-0.4, -0.2) is 69.0 Å². The van der Waals surface area contributed by atoms with Crippen molar-refractivity contribution >= 4 is 46.9 Å². The summed E-state index contributed by atoms with van der Waals surface area (Å²) in [4.78, 5) is 75.4. The summed E-state index contributed by atoms with van der Waals surface area (Å²) in [5.41, 5.74) is 1.36. The molecular weight excluding hydrogens is 724 g/mol. The lowest BCUT2D eigenvalue weighted by molar-refractivity contribution is -0.140. The van der Waals surface area contributed by atoms with Gasteiger partial charge in [0.1, 0.15) is 49.4 Å². The van der Waals surface area contributed by atoms with E-state index in [0.29, 0.717) is 17.2 Å². The number of hydrogen-bond donors (Lipinski definition) is 2. The van der Waals surface area contributed by atoms with Crippen molar-refractivity contribution in [1.82, 2.24) is 0 Å². The van der Waals surface area contributed by atoms with Crippen LogP contribution in [0.4, 0.5) is 11.4 Å². The lowest BCUT2D eigenvalue weighted by Gasteiger charge is -2.14. The zero-order chi connectivity index (χ0) is 40.8. The van der Waals surface area contributed by atoms with Crippen LogP contribution in [0.15, 0.2) is 109 Å². The molecule has 0 aromatic heterocycles. The SMILES string of the molecule is C=C(C)C(=O)OCCOC(=O)c1ccc(Oc2ccc(C(=O)OCCOC(=O)C(=C)C)c(C(=O)Nc3ccc(Oc4ccc(NC)cc4)cc3)c2)cc1C(C)=O. The fourth-order valence-corrected chi connectivity index (χ4v) is 4.71. The molecular formula is C42H40N2O12.